The molecule has 0 radical (unpaired) electrons. The first-order valence-electron chi connectivity index (χ1n) is 10.1. The molecule has 28 heavy (non-hydrogen) atoms. The zero-order valence-electron chi connectivity index (χ0n) is 16.6. The van der Waals surface area contributed by atoms with Crippen LogP contribution in [0.15, 0.2) is 36.2 Å². The molecule has 3 N–H and O–H groups in total. The van der Waals surface area contributed by atoms with Gasteiger partial charge in [-0.2, -0.15) is 0 Å². The molecule has 3 aliphatic carbocycles. The zero-order valence-corrected chi connectivity index (χ0v) is 16.6. The van der Waals surface area contributed by atoms with Gasteiger partial charge in [0.2, 0.25) is 5.91 Å². The fourth-order valence-corrected chi connectivity index (χ4v) is 4.57. The predicted octanol–water partition coefficient (Wildman–Crippen LogP) is 3.37. The van der Waals surface area contributed by atoms with Gasteiger partial charge in [-0.3, -0.25) is 4.79 Å². The number of nitrogens with one attached hydrogen (secondary N) is 1. The van der Waals surface area contributed by atoms with Crippen molar-refractivity contribution in [1.29, 1.82) is 0 Å². The topological polar surface area (TPSA) is 73.6 Å². The zero-order chi connectivity index (χ0) is 20.0. The molecule has 0 unspecified atom stereocenters. The first-order chi connectivity index (χ1) is 13.5. The van der Waals surface area contributed by atoms with E-state index in [0.717, 1.165) is 44.3 Å². The summed E-state index contributed by atoms with van der Waals surface area (Å²) in [4.78, 5) is 12.2. The maximum absolute atomic E-state index is 12.6. The standard InChI is InChI=1S/C22H31FN2O3/c1-27-13-6-20(26)25-22-10-7-21(8-11-22,9-12-22)18-2-4-19(5-3-18)28-16-17(14-23)15-24/h2-5,14H,6-13,15-16,24H2,1H3,(H,25,26). The maximum atomic E-state index is 12.6. The van der Waals surface area contributed by atoms with Crippen LogP contribution in [-0.2, 0) is 14.9 Å². The fraction of sp³-hybridized carbons (Fsp3) is 0.591. The van der Waals surface area contributed by atoms with Crippen LogP contribution in [0, 0.1) is 0 Å². The molecular weight excluding hydrogens is 359 g/mol. The van der Waals surface area contributed by atoms with Crippen LogP contribution >= 0.6 is 0 Å². The van der Waals surface area contributed by atoms with Gasteiger partial charge in [-0.25, -0.2) is 4.39 Å². The number of benzene rings is 1. The SMILES string of the molecule is COCCC(=O)NC12CCC(c3ccc(OCC(=CF)CN)cc3)(CC1)CC2. The smallest absolute Gasteiger partial charge is 0.222 e. The van der Waals surface area contributed by atoms with Gasteiger partial charge < -0.3 is 20.5 Å². The second kappa shape index (κ2) is 9.05. The summed E-state index contributed by atoms with van der Waals surface area (Å²) in [5, 5.41) is 3.29. The molecule has 0 saturated heterocycles. The van der Waals surface area contributed by atoms with E-state index in [4.69, 9.17) is 15.2 Å². The van der Waals surface area contributed by atoms with E-state index >= 15 is 0 Å². The second-order valence-corrected chi connectivity index (χ2v) is 8.14. The van der Waals surface area contributed by atoms with Crippen LogP contribution < -0.4 is 15.8 Å². The van der Waals surface area contributed by atoms with E-state index in [2.05, 4.69) is 17.4 Å². The van der Waals surface area contributed by atoms with E-state index in [1.807, 2.05) is 12.1 Å². The average molecular weight is 390 g/mol. The van der Waals surface area contributed by atoms with Gasteiger partial charge >= 0.3 is 0 Å². The van der Waals surface area contributed by atoms with Gasteiger partial charge in [0.25, 0.3) is 0 Å². The molecule has 0 spiro atoms. The number of ether oxygens (including phenoxy) is 2. The number of carbonyl (C=O) groups excluding carboxylic acids is 1. The Bertz CT molecular complexity index is 678. The van der Waals surface area contributed by atoms with E-state index in [0.29, 0.717) is 24.9 Å². The summed E-state index contributed by atoms with van der Waals surface area (Å²) >= 11 is 0. The minimum absolute atomic E-state index is 0.0348. The predicted molar refractivity (Wildman–Crippen MR) is 107 cm³/mol. The number of amides is 1. The summed E-state index contributed by atoms with van der Waals surface area (Å²) in [5.74, 6) is 0.816. The van der Waals surface area contributed by atoms with Gasteiger partial charge in [0.05, 0.1) is 12.9 Å². The summed E-state index contributed by atoms with van der Waals surface area (Å²) in [5.41, 5.74) is 7.38. The van der Waals surface area contributed by atoms with E-state index in [1.54, 1.807) is 7.11 Å². The van der Waals surface area contributed by atoms with E-state index in [-0.39, 0.29) is 30.0 Å². The summed E-state index contributed by atoms with van der Waals surface area (Å²) in [6, 6.07) is 8.18. The van der Waals surface area contributed by atoms with Crippen LogP contribution in [0.25, 0.3) is 0 Å². The quantitative estimate of drug-likeness (QED) is 0.678. The number of rotatable bonds is 9. The monoisotopic (exact) mass is 390 g/mol. The molecule has 6 heteroatoms. The molecule has 0 aromatic heterocycles. The number of methoxy groups -OCH3 is 1. The third-order valence-electron chi connectivity index (χ3n) is 6.49. The third-order valence-corrected chi connectivity index (χ3v) is 6.49. The van der Waals surface area contributed by atoms with Crippen molar-refractivity contribution in [3.8, 4) is 5.75 Å². The summed E-state index contributed by atoms with van der Waals surface area (Å²) < 4.78 is 23.2. The highest BCUT2D eigenvalue weighted by atomic mass is 19.1. The summed E-state index contributed by atoms with van der Waals surface area (Å²) in [7, 11) is 1.62. The van der Waals surface area contributed by atoms with Crippen LogP contribution in [0.4, 0.5) is 4.39 Å². The Morgan fingerprint density at radius 1 is 1.18 bits per heavy atom. The van der Waals surface area contributed by atoms with Crippen LogP contribution in [0.1, 0.15) is 50.5 Å². The first kappa shape index (κ1) is 20.8. The largest absolute Gasteiger partial charge is 0.489 e. The summed E-state index contributed by atoms with van der Waals surface area (Å²) in [6.07, 6.45) is 7.24. The van der Waals surface area contributed by atoms with Crippen LogP contribution in [0.2, 0.25) is 0 Å². The van der Waals surface area contributed by atoms with Gasteiger partial charge in [0, 0.05) is 31.2 Å². The van der Waals surface area contributed by atoms with Crippen molar-refractivity contribution >= 4 is 5.91 Å². The Morgan fingerprint density at radius 3 is 2.36 bits per heavy atom. The van der Waals surface area contributed by atoms with Gasteiger partial charge in [-0.05, 0) is 61.6 Å². The lowest BCUT2D eigenvalue weighted by Gasteiger charge is -2.54. The van der Waals surface area contributed by atoms with Crippen molar-refractivity contribution in [2.45, 2.75) is 55.9 Å². The molecular formula is C22H31FN2O3. The van der Waals surface area contributed by atoms with E-state index in [9.17, 15) is 9.18 Å². The molecule has 1 amide bonds. The molecule has 1 aromatic carbocycles. The Morgan fingerprint density at radius 2 is 1.82 bits per heavy atom. The lowest BCUT2D eigenvalue weighted by molar-refractivity contribution is -0.125. The number of fused-ring (bicyclic) bond motifs is 3. The molecule has 154 valence electrons. The lowest BCUT2D eigenvalue weighted by Crippen LogP contribution is -2.57. The highest BCUT2D eigenvalue weighted by molar-refractivity contribution is 5.77. The van der Waals surface area contributed by atoms with Gasteiger partial charge in [0.1, 0.15) is 12.4 Å². The molecule has 5 nitrogen and oxygen atoms in total. The van der Waals surface area contributed by atoms with Crippen molar-refractivity contribution in [3.63, 3.8) is 0 Å². The Balaban J connectivity index is 1.58. The van der Waals surface area contributed by atoms with Gasteiger partial charge in [0.15, 0.2) is 0 Å². The van der Waals surface area contributed by atoms with Crippen LogP contribution in [0.5, 0.6) is 5.75 Å². The average Bonchev–Trinajstić information content (AvgIpc) is 2.74. The minimum atomic E-state index is -0.0348. The molecule has 4 rings (SSSR count). The molecule has 0 atom stereocenters. The normalized spacial score (nSPS) is 26.9. The fourth-order valence-electron chi connectivity index (χ4n) is 4.57. The van der Waals surface area contributed by atoms with Crippen molar-refractivity contribution in [2.75, 3.05) is 26.9 Å². The van der Waals surface area contributed by atoms with Crippen molar-refractivity contribution in [2.24, 2.45) is 5.73 Å². The first-order valence-corrected chi connectivity index (χ1v) is 10.1. The van der Waals surface area contributed by atoms with Gasteiger partial charge in [-0.15, -0.1) is 0 Å². The lowest BCUT2D eigenvalue weighted by atomic mass is 9.55. The highest BCUT2D eigenvalue weighted by Crippen LogP contribution is 2.53. The highest BCUT2D eigenvalue weighted by Gasteiger charge is 2.49. The van der Waals surface area contributed by atoms with Crippen molar-refractivity contribution < 1.29 is 18.7 Å². The number of halogens is 1. The number of carbonyl (C=O) groups is 1. The number of nitrogens with two attached hydrogens (primary N) is 1. The molecule has 2 bridgehead atoms. The van der Waals surface area contributed by atoms with Crippen LogP contribution in [-0.4, -0.2) is 38.3 Å². The van der Waals surface area contributed by atoms with Gasteiger partial charge in [-0.1, -0.05) is 12.1 Å². The molecule has 3 saturated carbocycles. The Hall–Kier alpha value is -1.92. The molecule has 0 aliphatic heterocycles. The van der Waals surface area contributed by atoms with Crippen molar-refractivity contribution in [3.05, 3.63) is 41.7 Å². The Kier molecular flexibility index (Phi) is 6.73. The van der Waals surface area contributed by atoms with Crippen molar-refractivity contribution in [1.82, 2.24) is 5.32 Å². The minimum Gasteiger partial charge on any atom is -0.489 e. The van der Waals surface area contributed by atoms with E-state index in [1.165, 1.54) is 5.56 Å². The number of hydrogen-bond donors (Lipinski definition) is 2. The maximum Gasteiger partial charge on any atom is 0.222 e. The molecule has 3 fully saturated rings. The Labute approximate surface area is 166 Å². The second-order valence-electron chi connectivity index (χ2n) is 8.14. The van der Waals surface area contributed by atoms with Crippen LogP contribution in [0.3, 0.4) is 0 Å². The van der Waals surface area contributed by atoms with E-state index < -0.39 is 0 Å². The molecule has 0 heterocycles. The molecule has 3 aliphatic rings. The third kappa shape index (κ3) is 4.55. The summed E-state index contributed by atoms with van der Waals surface area (Å²) in [6.45, 7) is 0.790. The number of hydrogen-bond acceptors (Lipinski definition) is 4. The molecule has 1 aromatic rings.